The molecule has 1 N–H and O–H groups in total. The Kier molecular flexibility index (Phi) is 3.38. The third kappa shape index (κ3) is 2.82. The van der Waals surface area contributed by atoms with E-state index in [9.17, 15) is 0 Å². The summed E-state index contributed by atoms with van der Waals surface area (Å²) in [5.74, 6) is 0.831. The van der Waals surface area contributed by atoms with Crippen molar-refractivity contribution in [2.24, 2.45) is 0 Å². The molecule has 1 aromatic carbocycles. The molecule has 1 heterocycles. The molecule has 1 aliphatic heterocycles. The number of amidine groups is 1. The SMILES string of the molecule is N=C1CCCCN1CCc1ccccc1. The van der Waals surface area contributed by atoms with E-state index in [2.05, 4.69) is 29.2 Å². The first-order chi connectivity index (χ1) is 7.36. The molecule has 0 spiro atoms. The average Bonchev–Trinajstić information content (AvgIpc) is 2.29. The summed E-state index contributed by atoms with van der Waals surface area (Å²) >= 11 is 0. The molecule has 15 heavy (non-hydrogen) atoms. The van der Waals surface area contributed by atoms with E-state index in [1.165, 1.54) is 18.4 Å². The van der Waals surface area contributed by atoms with Crippen LogP contribution in [0.25, 0.3) is 0 Å². The number of nitrogens with one attached hydrogen (secondary N) is 1. The molecule has 2 nitrogen and oxygen atoms in total. The Morgan fingerprint density at radius 1 is 1.13 bits per heavy atom. The highest BCUT2D eigenvalue weighted by molar-refractivity contribution is 5.79. The lowest BCUT2D eigenvalue weighted by atomic mass is 10.1. The van der Waals surface area contributed by atoms with Crippen LogP contribution in [0.5, 0.6) is 0 Å². The summed E-state index contributed by atoms with van der Waals surface area (Å²) in [6, 6.07) is 10.5. The van der Waals surface area contributed by atoms with Gasteiger partial charge in [0.05, 0.1) is 5.84 Å². The minimum absolute atomic E-state index is 0.831. The zero-order valence-electron chi connectivity index (χ0n) is 9.08. The number of hydrogen-bond acceptors (Lipinski definition) is 1. The molecule has 80 valence electrons. The van der Waals surface area contributed by atoms with Crippen molar-refractivity contribution in [2.45, 2.75) is 25.7 Å². The maximum absolute atomic E-state index is 7.84. The van der Waals surface area contributed by atoms with Crippen molar-refractivity contribution in [3.8, 4) is 0 Å². The minimum Gasteiger partial charge on any atom is -0.360 e. The monoisotopic (exact) mass is 202 g/mol. The molecule has 1 saturated heterocycles. The van der Waals surface area contributed by atoms with Gasteiger partial charge in [0, 0.05) is 19.5 Å². The number of hydrogen-bond donors (Lipinski definition) is 1. The fourth-order valence-corrected chi connectivity index (χ4v) is 2.04. The highest BCUT2D eigenvalue weighted by Gasteiger charge is 2.13. The van der Waals surface area contributed by atoms with E-state index in [1.54, 1.807) is 0 Å². The Morgan fingerprint density at radius 3 is 2.67 bits per heavy atom. The van der Waals surface area contributed by atoms with Gasteiger partial charge in [0.1, 0.15) is 0 Å². The molecular weight excluding hydrogens is 184 g/mol. The summed E-state index contributed by atoms with van der Waals surface area (Å²) in [7, 11) is 0. The predicted octanol–water partition coefficient (Wildman–Crippen LogP) is 2.69. The fraction of sp³-hybridized carbons (Fsp3) is 0.462. The summed E-state index contributed by atoms with van der Waals surface area (Å²) in [4.78, 5) is 2.22. The van der Waals surface area contributed by atoms with Crippen LogP contribution < -0.4 is 0 Å². The van der Waals surface area contributed by atoms with Gasteiger partial charge in [-0.3, -0.25) is 5.41 Å². The summed E-state index contributed by atoms with van der Waals surface area (Å²) in [6.45, 7) is 2.08. The first-order valence-corrected chi connectivity index (χ1v) is 5.72. The molecule has 0 radical (unpaired) electrons. The van der Waals surface area contributed by atoms with Crippen LogP contribution in [0.4, 0.5) is 0 Å². The lowest BCUT2D eigenvalue weighted by Crippen LogP contribution is -2.36. The lowest BCUT2D eigenvalue weighted by molar-refractivity contribution is 0.370. The van der Waals surface area contributed by atoms with Gasteiger partial charge in [-0.2, -0.15) is 0 Å². The summed E-state index contributed by atoms with van der Waals surface area (Å²) in [5.41, 5.74) is 1.37. The maximum Gasteiger partial charge on any atom is 0.0957 e. The third-order valence-corrected chi connectivity index (χ3v) is 2.99. The van der Waals surface area contributed by atoms with Gasteiger partial charge in [0.2, 0.25) is 0 Å². The number of piperidine rings is 1. The Morgan fingerprint density at radius 2 is 1.93 bits per heavy atom. The Hall–Kier alpha value is -1.31. The van der Waals surface area contributed by atoms with Crippen molar-refractivity contribution < 1.29 is 0 Å². The smallest absolute Gasteiger partial charge is 0.0957 e. The normalized spacial score (nSPS) is 16.8. The molecule has 0 atom stereocenters. The maximum atomic E-state index is 7.84. The summed E-state index contributed by atoms with van der Waals surface area (Å²) in [6.07, 6.45) is 4.47. The van der Waals surface area contributed by atoms with Crippen molar-refractivity contribution in [2.75, 3.05) is 13.1 Å². The molecule has 1 aromatic rings. The Balaban J connectivity index is 1.85. The van der Waals surface area contributed by atoms with Crippen molar-refractivity contribution >= 4 is 5.84 Å². The van der Waals surface area contributed by atoms with Crippen LogP contribution in [0.1, 0.15) is 24.8 Å². The second-order valence-electron chi connectivity index (χ2n) is 4.13. The summed E-state index contributed by atoms with van der Waals surface area (Å²) in [5, 5.41) is 7.84. The van der Waals surface area contributed by atoms with Crippen LogP contribution in [0, 0.1) is 5.41 Å². The molecule has 0 aromatic heterocycles. The molecule has 0 saturated carbocycles. The largest absolute Gasteiger partial charge is 0.360 e. The highest BCUT2D eigenvalue weighted by Crippen LogP contribution is 2.11. The van der Waals surface area contributed by atoms with Gasteiger partial charge in [-0.15, -0.1) is 0 Å². The van der Waals surface area contributed by atoms with E-state index in [0.717, 1.165) is 31.8 Å². The highest BCUT2D eigenvalue weighted by atomic mass is 15.2. The van der Waals surface area contributed by atoms with Crippen LogP contribution in [0.15, 0.2) is 30.3 Å². The zero-order chi connectivity index (χ0) is 10.5. The molecule has 1 fully saturated rings. The Bertz CT molecular complexity index is 319. The van der Waals surface area contributed by atoms with Gasteiger partial charge < -0.3 is 4.90 Å². The quantitative estimate of drug-likeness (QED) is 0.801. The first-order valence-electron chi connectivity index (χ1n) is 5.72. The van der Waals surface area contributed by atoms with Gasteiger partial charge in [0.15, 0.2) is 0 Å². The third-order valence-electron chi connectivity index (χ3n) is 2.99. The first kappa shape index (κ1) is 10.2. The number of rotatable bonds is 3. The molecule has 2 heteroatoms. The molecule has 2 rings (SSSR count). The van der Waals surface area contributed by atoms with E-state index in [0.29, 0.717) is 0 Å². The van der Waals surface area contributed by atoms with E-state index in [1.807, 2.05) is 6.07 Å². The number of likely N-dealkylation sites (tertiary alicyclic amines) is 1. The van der Waals surface area contributed by atoms with Crippen LogP contribution in [-0.2, 0) is 6.42 Å². The number of nitrogens with zero attached hydrogens (tertiary/aromatic N) is 1. The molecular formula is C13H18N2. The van der Waals surface area contributed by atoms with Gasteiger partial charge in [0.25, 0.3) is 0 Å². The molecule has 0 bridgehead atoms. The molecule has 1 aliphatic rings. The van der Waals surface area contributed by atoms with E-state index in [4.69, 9.17) is 5.41 Å². The van der Waals surface area contributed by atoms with Crippen molar-refractivity contribution in [1.29, 1.82) is 5.41 Å². The van der Waals surface area contributed by atoms with Crippen LogP contribution in [0.2, 0.25) is 0 Å². The molecule has 0 aliphatic carbocycles. The van der Waals surface area contributed by atoms with Crippen LogP contribution in [0.3, 0.4) is 0 Å². The second kappa shape index (κ2) is 4.96. The zero-order valence-corrected chi connectivity index (χ0v) is 9.08. The van der Waals surface area contributed by atoms with Gasteiger partial charge >= 0.3 is 0 Å². The fourth-order valence-electron chi connectivity index (χ4n) is 2.04. The van der Waals surface area contributed by atoms with E-state index >= 15 is 0 Å². The second-order valence-corrected chi connectivity index (χ2v) is 4.13. The predicted molar refractivity (Wildman–Crippen MR) is 63.3 cm³/mol. The van der Waals surface area contributed by atoms with E-state index in [-0.39, 0.29) is 0 Å². The van der Waals surface area contributed by atoms with Crippen molar-refractivity contribution in [3.05, 3.63) is 35.9 Å². The topological polar surface area (TPSA) is 27.1 Å². The standard InChI is InChI=1S/C13H18N2/c14-13-8-4-5-10-15(13)11-9-12-6-2-1-3-7-12/h1-3,6-7,14H,4-5,8-11H2. The summed E-state index contributed by atoms with van der Waals surface area (Å²) < 4.78 is 0. The van der Waals surface area contributed by atoms with Crippen LogP contribution >= 0.6 is 0 Å². The number of benzene rings is 1. The van der Waals surface area contributed by atoms with Gasteiger partial charge in [-0.1, -0.05) is 30.3 Å². The minimum atomic E-state index is 0.831. The van der Waals surface area contributed by atoms with Gasteiger partial charge in [-0.05, 0) is 24.8 Å². The van der Waals surface area contributed by atoms with Crippen molar-refractivity contribution in [1.82, 2.24) is 4.90 Å². The molecule has 0 unspecified atom stereocenters. The average molecular weight is 202 g/mol. The van der Waals surface area contributed by atoms with Gasteiger partial charge in [-0.25, -0.2) is 0 Å². The van der Waals surface area contributed by atoms with E-state index < -0.39 is 0 Å². The van der Waals surface area contributed by atoms with Crippen molar-refractivity contribution in [3.63, 3.8) is 0 Å². The molecule has 0 amide bonds. The lowest BCUT2D eigenvalue weighted by Gasteiger charge is -2.29. The Labute approximate surface area is 91.4 Å². The van der Waals surface area contributed by atoms with Crippen LogP contribution in [-0.4, -0.2) is 23.8 Å².